The number of aromatic hydroxyl groups is 2. The molecule has 0 fully saturated rings. The first kappa shape index (κ1) is 15.7. The van der Waals surface area contributed by atoms with E-state index < -0.39 is 0 Å². The summed E-state index contributed by atoms with van der Waals surface area (Å²) in [6, 6.07) is 9.40. The average molecular weight is 495 g/mol. The Kier molecular flexibility index (Phi) is 5.36. The van der Waals surface area contributed by atoms with Gasteiger partial charge in [0.15, 0.2) is 0 Å². The molecule has 0 bridgehead atoms. The van der Waals surface area contributed by atoms with Crippen LogP contribution in [0.2, 0.25) is 0 Å². The van der Waals surface area contributed by atoms with Crippen LogP contribution in [0.1, 0.15) is 18.1 Å². The van der Waals surface area contributed by atoms with Gasteiger partial charge in [0.05, 0.1) is 9.26 Å². The van der Waals surface area contributed by atoms with E-state index in [9.17, 15) is 10.2 Å². The van der Waals surface area contributed by atoms with Crippen LogP contribution in [0.15, 0.2) is 30.3 Å². The summed E-state index contributed by atoms with van der Waals surface area (Å²) in [6.45, 7) is 2.54. The number of phenolic OH excluding ortho intramolecular Hbond substituents is 2. The summed E-state index contributed by atoms with van der Waals surface area (Å²) in [5.41, 5.74) is 2.67. The largest absolute Gasteiger partial charge is 0.506 e. The van der Waals surface area contributed by atoms with Crippen molar-refractivity contribution >= 4 is 50.9 Å². The van der Waals surface area contributed by atoms with Crippen LogP contribution in [0, 0.1) is 7.14 Å². The Morgan fingerprint density at radius 3 is 2.55 bits per heavy atom. The molecular formula is C15H15I2NO2. The van der Waals surface area contributed by atoms with Crippen LogP contribution in [-0.2, 0) is 13.0 Å². The molecule has 0 saturated heterocycles. The second-order valence-electron chi connectivity index (χ2n) is 4.45. The van der Waals surface area contributed by atoms with Crippen LogP contribution in [-0.4, -0.2) is 10.2 Å². The van der Waals surface area contributed by atoms with Gasteiger partial charge < -0.3 is 15.5 Å². The molecule has 0 heterocycles. The summed E-state index contributed by atoms with van der Waals surface area (Å²) in [4.78, 5) is 0. The average Bonchev–Trinajstić information content (AvgIpc) is 2.42. The van der Waals surface area contributed by atoms with E-state index in [-0.39, 0.29) is 5.75 Å². The lowest BCUT2D eigenvalue weighted by Gasteiger charge is -2.12. The highest BCUT2D eigenvalue weighted by atomic mass is 127. The van der Waals surface area contributed by atoms with Gasteiger partial charge in [0.25, 0.3) is 0 Å². The lowest BCUT2D eigenvalue weighted by molar-refractivity contribution is 0.464. The predicted octanol–water partition coefficient (Wildman–Crippen LogP) is 4.48. The summed E-state index contributed by atoms with van der Waals surface area (Å²) >= 11 is 4.34. The van der Waals surface area contributed by atoms with Gasteiger partial charge in [-0.3, -0.25) is 0 Å². The molecular weight excluding hydrogens is 480 g/mol. The third-order valence-corrected chi connectivity index (χ3v) is 4.49. The highest BCUT2D eigenvalue weighted by molar-refractivity contribution is 14.1. The molecule has 5 heteroatoms. The Morgan fingerprint density at radius 2 is 1.85 bits per heavy atom. The van der Waals surface area contributed by atoms with Gasteiger partial charge in [0.1, 0.15) is 11.5 Å². The molecule has 0 radical (unpaired) electrons. The van der Waals surface area contributed by atoms with Gasteiger partial charge in [-0.25, -0.2) is 0 Å². The first-order valence-electron chi connectivity index (χ1n) is 6.24. The van der Waals surface area contributed by atoms with Crippen molar-refractivity contribution in [1.82, 2.24) is 0 Å². The van der Waals surface area contributed by atoms with Gasteiger partial charge in [-0.1, -0.05) is 13.0 Å². The van der Waals surface area contributed by atoms with Crippen molar-refractivity contribution in [2.45, 2.75) is 19.9 Å². The second-order valence-corrected chi connectivity index (χ2v) is 6.86. The number of phenols is 2. The number of aryl methyl sites for hydroxylation is 1. The van der Waals surface area contributed by atoms with E-state index in [1.165, 1.54) is 0 Å². The number of anilines is 1. The zero-order valence-corrected chi connectivity index (χ0v) is 15.3. The minimum absolute atomic E-state index is 0.224. The molecule has 2 aromatic carbocycles. The molecule has 0 spiro atoms. The fourth-order valence-corrected chi connectivity index (χ4v) is 3.85. The van der Waals surface area contributed by atoms with Gasteiger partial charge in [0.2, 0.25) is 0 Å². The van der Waals surface area contributed by atoms with E-state index in [0.717, 1.165) is 24.7 Å². The molecule has 106 valence electrons. The van der Waals surface area contributed by atoms with Crippen LogP contribution in [0.4, 0.5) is 5.69 Å². The van der Waals surface area contributed by atoms with Gasteiger partial charge in [-0.15, -0.1) is 0 Å². The summed E-state index contributed by atoms with van der Waals surface area (Å²) < 4.78 is 1.91. The number of rotatable bonds is 4. The summed E-state index contributed by atoms with van der Waals surface area (Å²) in [7, 11) is 0. The number of hydrogen-bond acceptors (Lipinski definition) is 3. The van der Waals surface area contributed by atoms with Crippen molar-refractivity contribution < 1.29 is 10.2 Å². The molecule has 0 aromatic heterocycles. The van der Waals surface area contributed by atoms with E-state index in [1.807, 2.05) is 24.3 Å². The molecule has 0 saturated carbocycles. The SMILES string of the molecule is CCc1ccc(O)c(NCc2cc(I)cc(I)c2O)c1. The van der Waals surface area contributed by atoms with Crippen LogP contribution >= 0.6 is 45.2 Å². The Hall–Kier alpha value is -0.700. The summed E-state index contributed by atoms with van der Waals surface area (Å²) in [5.74, 6) is 0.520. The fourth-order valence-electron chi connectivity index (χ4n) is 1.89. The van der Waals surface area contributed by atoms with Crippen LogP contribution < -0.4 is 5.32 Å². The van der Waals surface area contributed by atoms with Crippen molar-refractivity contribution in [3.8, 4) is 11.5 Å². The molecule has 0 unspecified atom stereocenters. The molecule has 0 aliphatic carbocycles. The maximum absolute atomic E-state index is 10.1. The van der Waals surface area contributed by atoms with Crippen LogP contribution in [0.5, 0.6) is 11.5 Å². The highest BCUT2D eigenvalue weighted by Crippen LogP contribution is 2.29. The Bertz CT molecular complexity index is 630. The predicted molar refractivity (Wildman–Crippen MR) is 98.4 cm³/mol. The van der Waals surface area contributed by atoms with Gasteiger partial charge in [-0.2, -0.15) is 0 Å². The Labute approximate surface area is 145 Å². The minimum atomic E-state index is 0.224. The summed E-state index contributed by atoms with van der Waals surface area (Å²) in [6.07, 6.45) is 0.918. The second kappa shape index (κ2) is 6.84. The Balaban J connectivity index is 2.21. The van der Waals surface area contributed by atoms with Crippen LogP contribution in [0.25, 0.3) is 0 Å². The van der Waals surface area contributed by atoms with Gasteiger partial charge in [-0.05, 0) is 81.4 Å². The van der Waals surface area contributed by atoms with Crippen molar-refractivity contribution in [3.63, 3.8) is 0 Å². The number of hydrogen-bond donors (Lipinski definition) is 3. The van der Waals surface area contributed by atoms with Crippen molar-refractivity contribution in [2.24, 2.45) is 0 Å². The summed E-state index contributed by atoms with van der Waals surface area (Å²) in [5, 5.41) is 23.1. The molecule has 0 atom stereocenters. The first-order chi connectivity index (χ1) is 9.51. The monoisotopic (exact) mass is 495 g/mol. The topological polar surface area (TPSA) is 52.5 Å². The quantitative estimate of drug-likeness (QED) is 0.434. The zero-order chi connectivity index (χ0) is 14.7. The van der Waals surface area contributed by atoms with E-state index in [4.69, 9.17) is 0 Å². The number of benzene rings is 2. The molecule has 3 N–H and O–H groups in total. The lowest BCUT2D eigenvalue weighted by atomic mass is 10.1. The molecule has 3 nitrogen and oxygen atoms in total. The van der Waals surface area contributed by atoms with Crippen LogP contribution in [0.3, 0.4) is 0 Å². The van der Waals surface area contributed by atoms with E-state index >= 15 is 0 Å². The zero-order valence-electron chi connectivity index (χ0n) is 11.0. The standard InChI is InChI=1S/C15H15I2NO2/c1-2-9-3-4-14(19)13(5-9)18-8-10-6-11(16)7-12(17)15(10)20/h3-7,18-20H,2,8H2,1H3. The fraction of sp³-hybridized carbons (Fsp3) is 0.200. The lowest BCUT2D eigenvalue weighted by Crippen LogP contribution is -2.02. The normalized spacial score (nSPS) is 10.6. The highest BCUT2D eigenvalue weighted by Gasteiger charge is 2.08. The molecule has 2 aromatic rings. The molecule has 0 aliphatic rings. The Morgan fingerprint density at radius 1 is 1.10 bits per heavy atom. The third-order valence-electron chi connectivity index (χ3n) is 3.05. The maximum atomic E-state index is 10.1. The van der Waals surface area contributed by atoms with E-state index in [2.05, 4.69) is 57.4 Å². The number of halogens is 2. The molecule has 0 aliphatic heterocycles. The molecule has 2 rings (SSSR count). The van der Waals surface area contributed by atoms with Crippen molar-refractivity contribution in [3.05, 3.63) is 48.6 Å². The molecule has 0 amide bonds. The maximum Gasteiger partial charge on any atom is 0.138 e. The van der Waals surface area contributed by atoms with Gasteiger partial charge in [0, 0.05) is 15.7 Å². The van der Waals surface area contributed by atoms with E-state index in [1.54, 1.807) is 6.07 Å². The minimum Gasteiger partial charge on any atom is -0.506 e. The third kappa shape index (κ3) is 3.69. The van der Waals surface area contributed by atoms with E-state index in [0.29, 0.717) is 18.0 Å². The number of nitrogens with one attached hydrogen (secondary N) is 1. The first-order valence-corrected chi connectivity index (χ1v) is 8.39. The van der Waals surface area contributed by atoms with Gasteiger partial charge >= 0.3 is 0 Å². The molecule has 20 heavy (non-hydrogen) atoms. The van der Waals surface area contributed by atoms with Crippen molar-refractivity contribution in [2.75, 3.05) is 5.32 Å². The van der Waals surface area contributed by atoms with Crippen molar-refractivity contribution in [1.29, 1.82) is 0 Å². The smallest absolute Gasteiger partial charge is 0.138 e.